The summed E-state index contributed by atoms with van der Waals surface area (Å²) in [7, 11) is -1.18. The van der Waals surface area contributed by atoms with Crippen molar-refractivity contribution in [1.29, 1.82) is 0 Å². The molecule has 1 aliphatic heterocycles. The van der Waals surface area contributed by atoms with Crippen molar-refractivity contribution in [2.24, 2.45) is 0 Å². The third-order valence-electron chi connectivity index (χ3n) is 4.66. The summed E-state index contributed by atoms with van der Waals surface area (Å²) in [4.78, 5) is 12.5. The minimum Gasteiger partial charge on any atom is -0.493 e. The van der Waals surface area contributed by atoms with E-state index in [1.54, 1.807) is 26.0 Å². The lowest BCUT2D eigenvalue weighted by Crippen LogP contribution is -2.39. The van der Waals surface area contributed by atoms with E-state index < -0.39 is 21.7 Å². The standard InChI is InChI=1S/C20H21FN2O5S/c1-5-23-16-11-18(28-4)17(27-3)10-15(16)12(2)19(29(23,25)26)20(24)22-14-8-6-13(21)7-9-14/h6-11H,5H2,1-4H3,(H,22,24). The van der Waals surface area contributed by atoms with Gasteiger partial charge in [0.2, 0.25) is 0 Å². The fraction of sp³-hybridized carbons (Fsp3) is 0.250. The molecule has 0 fully saturated rings. The van der Waals surface area contributed by atoms with Crippen LogP contribution in [0.2, 0.25) is 0 Å². The van der Waals surface area contributed by atoms with Crippen LogP contribution in [0.15, 0.2) is 41.3 Å². The van der Waals surface area contributed by atoms with Crippen LogP contribution in [0.25, 0.3) is 5.57 Å². The number of nitrogens with one attached hydrogen (secondary N) is 1. The smallest absolute Gasteiger partial charge is 0.270 e. The minimum absolute atomic E-state index is 0.116. The van der Waals surface area contributed by atoms with E-state index in [0.29, 0.717) is 22.7 Å². The average molecular weight is 420 g/mol. The molecule has 9 heteroatoms. The maximum absolute atomic E-state index is 13.2. The van der Waals surface area contributed by atoms with Gasteiger partial charge in [0.05, 0.1) is 19.9 Å². The zero-order chi connectivity index (χ0) is 21.3. The first-order chi connectivity index (χ1) is 13.7. The number of anilines is 2. The maximum atomic E-state index is 13.2. The zero-order valence-electron chi connectivity index (χ0n) is 16.4. The van der Waals surface area contributed by atoms with E-state index in [9.17, 15) is 17.6 Å². The predicted octanol–water partition coefficient (Wildman–Crippen LogP) is 3.38. The quantitative estimate of drug-likeness (QED) is 0.802. The molecule has 0 aliphatic carbocycles. The number of carbonyl (C=O) groups is 1. The lowest BCUT2D eigenvalue weighted by molar-refractivity contribution is -0.112. The van der Waals surface area contributed by atoms with Gasteiger partial charge in [-0.25, -0.2) is 12.8 Å². The van der Waals surface area contributed by atoms with E-state index in [1.807, 2.05) is 0 Å². The number of hydrogen-bond acceptors (Lipinski definition) is 5. The van der Waals surface area contributed by atoms with Gasteiger partial charge in [-0.3, -0.25) is 9.10 Å². The molecule has 0 unspecified atom stereocenters. The molecular formula is C20H21FN2O5S. The summed E-state index contributed by atoms with van der Waals surface area (Å²) in [6, 6.07) is 8.30. The van der Waals surface area contributed by atoms with Crippen LogP contribution in [0.1, 0.15) is 19.4 Å². The van der Waals surface area contributed by atoms with E-state index in [4.69, 9.17) is 9.47 Å². The molecule has 1 heterocycles. The lowest BCUT2D eigenvalue weighted by Gasteiger charge is -2.32. The molecule has 1 amide bonds. The molecule has 2 aromatic rings. The Morgan fingerprint density at radius 2 is 1.69 bits per heavy atom. The number of allylic oxidation sites excluding steroid dienone is 1. The number of amides is 1. The highest BCUT2D eigenvalue weighted by Gasteiger charge is 2.39. The van der Waals surface area contributed by atoms with Gasteiger partial charge in [-0.15, -0.1) is 0 Å². The van der Waals surface area contributed by atoms with Crippen LogP contribution in [0.5, 0.6) is 11.5 Å². The Kier molecular flexibility index (Phi) is 5.52. The second-order valence-corrected chi connectivity index (χ2v) is 8.11. The second-order valence-electron chi connectivity index (χ2n) is 6.31. The molecule has 2 aromatic carbocycles. The Morgan fingerprint density at radius 1 is 1.10 bits per heavy atom. The number of methoxy groups -OCH3 is 2. The first-order valence-electron chi connectivity index (χ1n) is 8.81. The van der Waals surface area contributed by atoms with Crippen LogP contribution in [-0.4, -0.2) is 35.1 Å². The molecule has 0 bridgehead atoms. The third kappa shape index (κ3) is 3.53. The topological polar surface area (TPSA) is 84.9 Å². The molecule has 154 valence electrons. The fourth-order valence-electron chi connectivity index (χ4n) is 3.28. The van der Waals surface area contributed by atoms with Crippen LogP contribution in [0, 0.1) is 5.82 Å². The number of rotatable bonds is 5. The Hall–Kier alpha value is -3.07. The zero-order valence-corrected chi connectivity index (χ0v) is 17.3. The Balaban J connectivity index is 2.17. The Morgan fingerprint density at radius 3 is 2.24 bits per heavy atom. The highest BCUT2D eigenvalue weighted by molar-refractivity contribution is 7.97. The summed E-state index contributed by atoms with van der Waals surface area (Å²) in [5.41, 5.74) is 1.52. The largest absolute Gasteiger partial charge is 0.493 e. The Labute approximate surface area is 168 Å². The SMILES string of the molecule is CCN1c2cc(OC)c(OC)cc2C(C)=C(C(=O)Nc2ccc(F)cc2)S1(=O)=O. The molecular weight excluding hydrogens is 399 g/mol. The van der Waals surface area contributed by atoms with Crippen molar-refractivity contribution >= 4 is 32.9 Å². The number of halogens is 1. The van der Waals surface area contributed by atoms with Gasteiger partial charge >= 0.3 is 0 Å². The normalized spacial score (nSPS) is 15.0. The van der Waals surface area contributed by atoms with Crippen LogP contribution in [0.3, 0.4) is 0 Å². The van der Waals surface area contributed by atoms with Gasteiger partial charge in [0.1, 0.15) is 5.82 Å². The fourth-order valence-corrected chi connectivity index (χ4v) is 5.03. The summed E-state index contributed by atoms with van der Waals surface area (Å²) in [6.45, 7) is 3.36. The molecule has 1 aliphatic rings. The molecule has 0 spiro atoms. The number of fused-ring (bicyclic) bond motifs is 1. The molecule has 0 saturated carbocycles. The lowest BCUT2D eigenvalue weighted by atomic mass is 10.0. The monoisotopic (exact) mass is 420 g/mol. The molecule has 7 nitrogen and oxygen atoms in total. The van der Waals surface area contributed by atoms with E-state index in [-0.39, 0.29) is 22.7 Å². The summed E-state index contributed by atoms with van der Waals surface area (Å²) in [6.07, 6.45) is 0. The first-order valence-corrected chi connectivity index (χ1v) is 10.3. The molecule has 29 heavy (non-hydrogen) atoms. The second kappa shape index (κ2) is 7.75. The van der Waals surface area contributed by atoms with Gasteiger partial charge in [0.15, 0.2) is 16.4 Å². The number of nitrogens with zero attached hydrogens (tertiary/aromatic N) is 1. The van der Waals surface area contributed by atoms with Gasteiger partial charge < -0.3 is 14.8 Å². The van der Waals surface area contributed by atoms with Crippen LogP contribution in [-0.2, 0) is 14.8 Å². The average Bonchev–Trinajstić information content (AvgIpc) is 2.68. The molecule has 0 saturated heterocycles. The number of sulfonamides is 1. The first kappa shape index (κ1) is 20.7. The van der Waals surface area contributed by atoms with E-state index in [1.165, 1.54) is 38.5 Å². The highest BCUT2D eigenvalue weighted by Crippen LogP contribution is 2.44. The van der Waals surface area contributed by atoms with Crippen LogP contribution in [0.4, 0.5) is 15.8 Å². The van der Waals surface area contributed by atoms with Crippen LogP contribution >= 0.6 is 0 Å². The summed E-state index contributed by atoms with van der Waals surface area (Å²) in [5, 5.41) is 2.53. The highest BCUT2D eigenvalue weighted by atomic mass is 32.2. The maximum Gasteiger partial charge on any atom is 0.270 e. The number of carbonyl (C=O) groups excluding carboxylic acids is 1. The molecule has 0 atom stereocenters. The van der Waals surface area contributed by atoms with E-state index in [2.05, 4.69) is 5.32 Å². The van der Waals surface area contributed by atoms with E-state index in [0.717, 1.165) is 4.31 Å². The number of benzene rings is 2. The van der Waals surface area contributed by atoms with Crippen molar-refractivity contribution in [3.8, 4) is 11.5 Å². The summed E-state index contributed by atoms with van der Waals surface area (Å²) >= 11 is 0. The molecule has 0 aromatic heterocycles. The van der Waals surface area contributed by atoms with Gasteiger partial charge in [-0.05, 0) is 49.8 Å². The van der Waals surface area contributed by atoms with E-state index >= 15 is 0 Å². The number of hydrogen-bond donors (Lipinski definition) is 1. The molecule has 3 rings (SSSR count). The van der Waals surface area contributed by atoms with Crippen molar-refractivity contribution in [3.05, 3.63) is 52.7 Å². The van der Waals surface area contributed by atoms with Crippen molar-refractivity contribution in [2.45, 2.75) is 13.8 Å². The summed E-state index contributed by atoms with van der Waals surface area (Å²) < 4.78 is 51.3. The minimum atomic E-state index is -4.12. The number of ether oxygens (including phenoxy) is 2. The predicted molar refractivity (Wildman–Crippen MR) is 109 cm³/mol. The molecule has 0 radical (unpaired) electrons. The summed E-state index contributed by atoms with van der Waals surface area (Å²) in [5.74, 6) is -0.463. The molecule has 1 N–H and O–H groups in total. The van der Waals surface area contributed by atoms with Gasteiger partial charge in [-0.2, -0.15) is 0 Å². The van der Waals surface area contributed by atoms with Crippen molar-refractivity contribution < 1.29 is 27.1 Å². The van der Waals surface area contributed by atoms with Gasteiger partial charge in [-0.1, -0.05) is 0 Å². The van der Waals surface area contributed by atoms with Crippen molar-refractivity contribution in [2.75, 3.05) is 30.4 Å². The van der Waals surface area contributed by atoms with Gasteiger partial charge in [0.25, 0.3) is 15.9 Å². The van der Waals surface area contributed by atoms with Crippen LogP contribution < -0.4 is 19.1 Å². The van der Waals surface area contributed by atoms with Crippen molar-refractivity contribution in [1.82, 2.24) is 0 Å². The van der Waals surface area contributed by atoms with Gasteiger partial charge in [0, 0.05) is 23.9 Å². The Bertz CT molecular complexity index is 1090. The van der Waals surface area contributed by atoms with Crippen molar-refractivity contribution in [3.63, 3.8) is 0 Å². The third-order valence-corrected chi connectivity index (χ3v) is 6.70.